The molecule has 1 aliphatic carbocycles. The third kappa shape index (κ3) is 2.81. The summed E-state index contributed by atoms with van der Waals surface area (Å²) in [5.41, 5.74) is 6.96. The largest absolute Gasteiger partial charge is 0.461 e. The lowest BCUT2D eigenvalue weighted by Gasteiger charge is -2.11. The summed E-state index contributed by atoms with van der Waals surface area (Å²) in [7, 11) is 0. The summed E-state index contributed by atoms with van der Waals surface area (Å²) in [5.74, 6) is 0.148. The molecule has 0 amide bonds. The fraction of sp³-hybridized carbons (Fsp3) is 0.615. The molecule has 0 saturated heterocycles. The van der Waals surface area contributed by atoms with Gasteiger partial charge >= 0.3 is 5.97 Å². The summed E-state index contributed by atoms with van der Waals surface area (Å²) in [4.78, 5) is 11.9. The first kappa shape index (κ1) is 12.0. The smallest absolute Gasteiger partial charge is 0.355 e. The van der Waals surface area contributed by atoms with E-state index in [0.717, 1.165) is 19.3 Å². The van der Waals surface area contributed by atoms with Crippen molar-refractivity contribution >= 4 is 11.7 Å². The summed E-state index contributed by atoms with van der Waals surface area (Å²) in [6.07, 6.45) is 5.09. The maximum atomic E-state index is 11.9. The third-order valence-electron chi connectivity index (χ3n) is 3.21. The molecule has 0 aliphatic heterocycles. The van der Waals surface area contributed by atoms with E-state index in [2.05, 4.69) is 13.8 Å². The zero-order chi connectivity index (χ0) is 12.4. The molecule has 0 spiro atoms. The maximum Gasteiger partial charge on any atom is 0.355 e. The highest BCUT2D eigenvalue weighted by molar-refractivity contribution is 5.89. The molecule has 94 valence electrons. The lowest BCUT2D eigenvalue weighted by Crippen LogP contribution is -2.15. The first-order chi connectivity index (χ1) is 8.11. The molecule has 1 aliphatic rings. The van der Waals surface area contributed by atoms with Crippen molar-refractivity contribution in [3.8, 4) is 0 Å². The third-order valence-corrected chi connectivity index (χ3v) is 3.21. The van der Waals surface area contributed by atoms with Crippen LogP contribution in [0.4, 0.5) is 5.69 Å². The molecule has 2 rings (SSSR count). The number of rotatable bonds is 5. The van der Waals surface area contributed by atoms with Crippen LogP contribution in [0.15, 0.2) is 12.3 Å². The summed E-state index contributed by atoms with van der Waals surface area (Å²) >= 11 is 0. The number of ether oxygens (including phenoxy) is 1. The highest BCUT2D eigenvalue weighted by Gasteiger charge is 2.28. The van der Waals surface area contributed by atoms with Crippen LogP contribution in [-0.2, 0) is 4.74 Å². The van der Waals surface area contributed by atoms with E-state index in [4.69, 9.17) is 10.5 Å². The van der Waals surface area contributed by atoms with Gasteiger partial charge in [0, 0.05) is 12.2 Å². The van der Waals surface area contributed by atoms with Gasteiger partial charge in [-0.05, 0) is 24.8 Å². The van der Waals surface area contributed by atoms with E-state index in [1.807, 2.05) is 10.8 Å². The quantitative estimate of drug-likeness (QED) is 0.799. The van der Waals surface area contributed by atoms with Gasteiger partial charge in [0.25, 0.3) is 0 Å². The molecule has 17 heavy (non-hydrogen) atoms. The Morgan fingerprint density at radius 2 is 2.35 bits per heavy atom. The summed E-state index contributed by atoms with van der Waals surface area (Å²) in [5, 5.41) is 0. The van der Waals surface area contributed by atoms with Gasteiger partial charge in [0.15, 0.2) is 0 Å². The van der Waals surface area contributed by atoms with E-state index in [-0.39, 0.29) is 5.97 Å². The number of esters is 1. The van der Waals surface area contributed by atoms with E-state index in [0.29, 0.717) is 29.9 Å². The van der Waals surface area contributed by atoms with Gasteiger partial charge in [0.2, 0.25) is 0 Å². The van der Waals surface area contributed by atoms with Crippen LogP contribution in [0.3, 0.4) is 0 Å². The van der Waals surface area contributed by atoms with Crippen LogP contribution in [0.2, 0.25) is 0 Å². The minimum atomic E-state index is -0.256. The Bertz CT molecular complexity index is 408. The summed E-state index contributed by atoms with van der Waals surface area (Å²) < 4.78 is 7.25. The van der Waals surface area contributed by atoms with Crippen molar-refractivity contribution in [1.29, 1.82) is 0 Å². The summed E-state index contributed by atoms with van der Waals surface area (Å²) in [6, 6.07) is 2.15. The predicted octanol–water partition coefficient (Wildman–Crippen LogP) is 2.61. The topological polar surface area (TPSA) is 57.2 Å². The standard InChI is InChI=1S/C13H20N2O2/c1-3-9(2)8-17-13(16)12-6-10(14)7-15(12)11-4-5-11/h6-7,9,11H,3-5,8,14H2,1-2H3. The number of aromatic nitrogens is 1. The fourth-order valence-corrected chi connectivity index (χ4v) is 1.73. The van der Waals surface area contributed by atoms with Crippen LogP contribution < -0.4 is 5.73 Å². The Morgan fingerprint density at radius 3 is 2.94 bits per heavy atom. The van der Waals surface area contributed by atoms with Crippen molar-refractivity contribution in [1.82, 2.24) is 4.57 Å². The van der Waals surface area contributed by atoms with E-state index < -0.39 is 0 Å². The van der Waals surface area contributed by atoms with Gasteiger partial charge in [0.1, 0.15) is 5.69 Å². The molecule has 0 radical (unpaired) electrons. The van der Waals surface area contributed by atoms with Gasteiger partial charge in [-0.2, -0.15) is 0 Å². The Labute approximate surface area is 102 Å². The van der Waals surface area contributed by atoms with Crippen LogP contribution in [0.25, 0.3) is 0 Å². The van der Waals surface area contributed by atoms with Crippen molar-refractivity contribution in [2.75, 3.05) is 12.3 Å². The molecule has 1 unspecified atom stereocenters. The van der Waals surface area contributed by atoms with E-state index >= 15 is 0 Å². The maximum absolute atomic E-state index is 11.9. The average molecular weight is 236 g/mol. The molecular weight excluding hydrogens is 216 g/mol. The SMILES string of the molecule is CCC(C)COC(=O)c1cc(N)cn1C1CC1. The number of nitrogens with zero attached hydrogens (tertiary/aromatic N) is 1. The molecule has 0 aromatic carbocycles. The van der Waals surface area contributed by atoms with Crippen LogP contribution in [0.5, 0.6) is 0 Å². The highest BCUT2D eigenvalue weighted by atomic mass is 16.5. The fourth-order valence-electron chi connectivity index (χ4n) is 1.73. The number of hydrogen-bond donors (Lipinski definition) is 1. The molecular formula is C13H20N2O2. The monoisotopic (exact) mass is 236 g/mol. The van der Waals surface area contributed by atoms with Crippen molar-refractivity contribution in [3.63, 3.8) is 0 Å². The second-order valence-corrected chi connectivity index (χ2v) is 4.91. The molecule has 1 saturated carbocycles. The van der Waals surface area contributed by atoms with Gasteiger partial charge < -0.3 is 15.0 Å². The van der Waals surface area contributed by atoms with Gasteiger partial charge in [0.05, 0.1) is 12.3 Å². The molecule has 4 heteroatoms. The Morgan fingerprint density at radius 1 is 1.65 bits per heavy atom. The van der Waals surface area contributed by atoms with Crippen molar-refractivity contribution in [2.45, 2.75) is 39.2 Å². The molecule has 2 N–H and O–H groups in total. The molecule has 1 heterocycles. The lowest BCUT2D eigenvalue weighted by molar-refractivity contribution is 0.0434. The first-order valence-electron chi connectivity index (χ1n) is 6.26. The second kappa shape index (κ2) is 4.82. The normalized spacial score (nSPS) is 16.8. The van der Waals surface area contributed by atoms with Crippen LogP contribution >= 0.6 is 0 Å². The molecule has 1 aromatic heterocycles. The van der Waals surface area contributed by atoms with Crippen LogP contribution in [-0.4, -0.2) is 17.1 Å². The second-order valence-electron chi connectivity index (χ2n) is 4.91. The minimum absolute atomic E-state index is 0.256. The first-order valence-corrected chi connectivity index (χ1v) is 6.26. The van der Waals surface area contributed by atoms with E-state index in [1.54, 1.807) is 6.07 Å². The van der Waals surface area contributed by atoms with E-state index in [9.17, 15) is 4.79 Å². The Hall–Kier alpha value is -1.45. The van der Waals surface area contributed by atoms with Crippen molar-refractivity contribution in [3.05, 3.63) is 18.0 Å². The number of anilines is 1. The molecule has 1 atom stereocenters. The van der Waals surface area contributed by atoms with Gasteiger partial charge in [-0.15, -0.1) is 0 Å². The number of nitrogen functional groups attached to an aromatic ring is 1. The predicted molar refractivity (Wildman–Crippen MR) is 66.9 cm³/mol. The van der Waals surface area contributed by atoms with Gasteiger partial charge in [-0.25, -0.2) is 4.79 Å². The zero-order valence-electron chi connectivity index (χ0n) is 10.5. The minimum Gasteiger partial charge on any atom is -0.461 e. The molecule has 1 aromatic rings. The number of carbonyl (C=O) groups is 1. The Kier molecular flexibility index (Phi) is 3.41. The average Bonchev–Trinajstić information content (AvgIpc) is 3.09. The van der Waals surface area contributed by atoms with Gasteiger partial charge in [-0.3, -0.25) is 0 Å². The molecule has 4 nitrogen and oxygen atoms in total. The highest BCUT2D eigenvalue weighted by Crippen LogP contribution is 2.37. The number of nitrogens with two attached hydrogens (primary N) is 1. The Balaban J connectivity index is 2.03. The molecule has 1 fully saturated rings. The van der Waals surface area contributed by atoms with Crippen LogP contribution in [0.1, 0.15) is 49.6 Å². The van der Waals surface area contributed by atoms with Crippen molar-refractivity contribution in [2.24, 2.45) is 5.92 Å². The van der Waals surface area contributed by atoms with E-state index in [1.165, 1.54) is 0 Å². The van der Waals surface area contributed by atoms with Crippen molar-refractivity contribution < 1.29 is 9.53 Å². The number of hydrogen-bond acceptors (Lipinski definition) is 3. The number of carbonyl (C=O) groups excluding carboxylic acids is 1. The zero-order valence-corrected chi connectivity index (χ0v) is 10.5. The lowest BCUT2D eigenvalue weighted by atomic mass is 10.1. The molecule has 0 bridgehead atoms. The van der Waals surface area contributed by atoms with Crippen LogP contribution in [0, 0.1) is 5.92 Å². The summed E-state index contributed by atoms with van der Waals surface area (Å²) in [6.45, 7) is 4.63. The van der Waals surface area contributed by atoms with Gasteiger partial charge in [-0.1, -0.05) is 20.3 Å².